The summed E-state index contributed by atoms with van der Waals surface area (Å²) in [6.07, 6.45) is 0. The Morgan fingerprint density at radius 1 is 1.13 bits per heavy atom. The number of ether oxygens (including phenoxy) is 1. The summed E-state index contributed by atoms with van der Waals surface area (Å²) in [6.45, 7) is 0. The minimum absolute atomic E-state index is 0.322. The minimum Gasteiger partial charge on any atom is -0.423 e. The van der Waals surface area contributed by atoms with Crippen molar-refractivity contribution in [3.8, 4) is 5.75 Å². The monoisotopic (exact) mass is 604 g/mol. The van der Waals surface area contributed by atoms with Crippen molar-refractivity contribution in [3.05, 3.63) is 33.9 Å². The Bertz CT molecular complexity index is 396. The van der Waals surface area contributed by atoms with Crippen molar-refractivity contribution in [2.24, 2.45) is 0 Å². The van der Waals surface area contributed by atoms with Gasteiger partial charge in [-0.1, -0.05) is 15.9 Å². The number of hydrogen-bond donors (Lipinski definition) is 0. The van der Waals surface area contributed by atoms with Gasteiger partial charge >= 0.3 is 5.97 Å². The molecule has 1 rings (SSSR count). The summed E-state index contributed by atoms with van der Waals surface area (Å²) in [7, 11) is 0. The molecule has 0 N–H and O–H groups in total. The number of carbonyl (C=O) groups excluding carboxylic acids is 1. The molecular weight excluding hydrogens is 601 g/mol. The number of halogens is 4. The number of esters is 1. The van der Waals surface area contributed by atoms with Crippen LogP contribution < -0.4 is 4.74 Å². The van der Waals surface area contributed by atoms with Crippen molar-refractivity contribution in [1.29, 1.82) is 0 Å². The van der Waals surface area contributed by atoms with Crippen molar-refractivity contribution in [2.45, 2.75) is 0 Å². The van der Waals surface area contributed by atoms with Crippen LogP contribution in [0.2, 0.25) is 0 Å². The Morgan fingerprint density at radius 3 is 2.13 bits per heavy atom. The number of benzene rings is 1. The van der Waals surface area contributed by atoms with E-state index in [0.29, 0.717) is 9.33 Å². The van der Waals surface area contributed by atoms with Crippen molar-refractivity contribution in [2.75, 3.05) is 0 Å². The molecule has 0 saturated carbocycles. The van der Waals surface area contributed by atoms with Crippen LogP contribution in [0.1, 0.15) is 0 Å². The maximum atomic E-state index is 11.5. The molecule has 0 fully saturated rings. The van der Waals surface area contributed by atoms with Gasteiger partial charge in [-0.2, -0.15) is 0 Å². The molecule has 0 aliphatic rings. The fourth-order valence-electron chi connectivity index (χ4n) is 0.732. The highest BCUT2D eigenvalue weighted by Crippen LogP contribution is 2.27. The normalized spacial score (nSPS) is 9.60. The van der Waals surface area contributed by atoms with Crippen LogP contribution >= 0.6 is 83.7 Å². The molecule has 0 heterocycles. The topological polar surface area (TPSA) is 26.3 Å². The molecule has 80 valence electrons. The number of carbonyl (C=O) groups is 1. The first-order valence-corrected chi connectivity index (χ1v) is 7.72. The van der Waals surface area contributed by atoms with Crippen LogP contribution in [0.3, 0.4) is 0 Å². The summed E-state index contributed by atoms with van der Waals surface area (Å²) in [5.41, 5.74) is 0. The van der Waals surface area contributed by atoms with Crippen LogP contribution in [0.4, 0.5) is 0 Å². The lowest BCUT2D eigenvalue weighted by atomic mass is 10.3. The van der Waals surface area contributed by atoms with Crippen LogP contribution in [0.15, 0.2) is 33.9 Å². The summed E-state index contributed by atoms with van der Waals surface area (Å²) in [6, 6.07) is 7.14. The summed E-state index contributed by atoms with van der Waals surface area (Å²) >= 11 is 9.45. The third kappa shape index (κ3) is 4.86. The number of hydrogen-bond acceptors (Lipinski definition) is 2. The Labute approximate surface area is 137 Å². The lowest BCUT2D eigenvalue weighted by molar-refractivity contribution is -0.129. The van der Waals surface area contributed by atoms with Gasteiger partial charge in [0.2, 0.25) is 0 Å². The first-order valence-electron chi connectivity index (χ1n) is 3.69. The van der Waals surface area contributed by atoms with Crippen molar-refractivity contribution in [3.63, 3.8) is 0 Å². The fraction of sp³-hybridized carbons (Fsp3) is 0. The summed E-state index contributed by atoms with van der Waals surface area (Å²) in [5, 5.41) is 0. The Balaban J connectivity index is 2.75. The van der Waals surface area contributed by atoms with Gasteiger partial charge in [-0.25, -0.2) is 4.79 Å². The fourth-order valence-corrected chi connectivity index (χ4v) is 1.55. The zero-order chi connectivity index (χ0) is 11.4. The molecule has 0 saturated heterocycles. The van der Waals surface area contributed by atoms with E-state index in [0.717, 1.165) is 6.06 Å². The van der Waals surface area contributed by atoms with Gasteiger partial charge in [-0.15, -0.1) is 0 Å². The van der Waals surface area contributed by atoms with Crippen LogP contribution in [-0.2, 0) is 4.79 Å². The molecule has 0 unspecified atom stereocenters. The molecule has 15 heavy (non-hydrogen) atoms. The van der Waals surface area contributed by atoms with E-state index in [9.17, 15) is 4.79 Å². The van der Waals surface area contributed by atoms with Gasteiger partial charge in [0.25, 0.3) is 0 Å². The van der Waals surface area contributed by atoms with Crippen LogP contribution in [0.25, 0.3) is 0 Å². The predicted molar refractivity (Wildman–Crippen MR) is 88.9 cm³/mol. The molecule has 0 amide bonds. The lowest BCUT2D eigenvalue weighted by Crippen LogP contribution is -2.07. The summed E-state index contributed by atoms with van der Waals surface area (Å²) < 4.78 is 7.60. The van der Waals surface area contributed by atoms with Gasteiger partial charge in [-0.05, 0) is 92.0 Å². The van der Waals surface area contributed by atoms with E-state index >= 15 is 0 Å². The average Bonchev–Trinajstić information content (AvgIpc) is 2.20. The van der Waals surface area contributed by atoms with E-state index in [1.165, 1.54) is 0 Å². The van der Waals surface area contributed by atoms with Gasteiger partial charge in [0.15, 0.2) is 0 Å². The molecule has 0 spiro atoms. The maximum Gasteiger partial charge on any atom is 0.351 e. The SMILES string of the molecule is O=C(Oc1ccc(Br)cc1)C(I)=C(I)I. The van der Waals surface area contributed by atoms with E-state index in [4.69, 9.17) is 4.74 Å². The highest BCUT2D eigenvalue weighted by atomic mass is 127. The van der Waals surface area contributed by atoms with Gasteiger partial charge in [0, 0.05) is 4.47 Å². The van der Waals surface area contributed by atoms with E-state index < -0.39 is 0 Å². The molecule has 0 atom stereocenters. The van der Waals surface area contributed by atoms with Crippen molar-refractivity contribution < 1.29 is 9.53 Å². The molecule has 0 radical (unpaired) electrons. The zero-order valence-corrected chi connectivity index (χ0v) is 15.2. The second-order valence-electron chi connectivity index (χ2n) is 2.42. The Kier molecular flexibility index (Phi) is 6.37. The second kappa shape index (κ2) is 6.74. The molecule has 0 bridgehead atoms. The van der Waals surface area contributed by atoms with Gasteiger partial charge < -0.3 is 4.74 Å². The molecule has 1 aromatic carbocycles. The van der Waals surface area contributed by atoms with Gasteiger partial charge in [-0.3, -0.25) is 0 Å². The average molecular weight is 605 g/mol. The Morgan fingerprint density at radius 2 is 1.67 bits per heavy atom. The molecule has 0 aromatic heterocycles. The molecule has 0 aliphatic heterocycles. The van der Waals surface area contributed by atoms with Crippen molar-refractivity contribution in [1.82, 2.24) is 0 Å². The summed E-state index contributed by atoms with van der Waals surface area (Å²) in [4.78, 5) is 11.5. The smallest absolute Gasteiger partial charge is 0.351 e. The van der Waals surface area contributed by atoms with Crippen LogP contribution in [0.5, 0.6) is 5.75 Å². The van der Waals surface area contributed by atoms with Crippen molar-refractivity contribution >= 4 is 89.7 Å². The molecule has 0 aliphatic carbocycles. The highest BCUT2D eigenvalue weighted by Gasteiger charge is 2.11. The zero-order valence-electron chi connectivity index (χ0n) is 7.14. The highest BCUT2D eigenvalue weighted by molar-refractivity contribution is 14.2. The third-order valence-corrected chi connectivity index (χ3v) is 6.02. The largest absolute Gasteiger partial charge is 0.423 e. The molecule has 1 aromatic rings. The van der Waals surface area contributed by atoms with Gasteiger partial charge in [0.1, 0.15) is 9.33 Å². The number of rotatable bonds is 2. The van der Waals surface area contributed by atoms with E-state index in [1.54, 1.807) is 12.1 Å². The maximum absolute atomic E-state index is 11.5. The predicted octanol–water partition coefficient (Wildman–Crippen LogP) is 4.83. The quantitative estimate of drug-likeness (QED) is 0.209. The van der Waals surface area contributed by atoms with E-state index in [1.807, 2.05) is 34.7 Å². The molecular formula is C9H4BrI3O2. The minimum atomic E-state index is -0.322. The molecule has 6 heteroatoms. The van der Waals surface area contributed by atoms with Crippen LogP contribution in [0, 0.1) is 0 Å². The van der Waals surface area contributed by atoms with E-state index in [2.05, 4.69) is 61.1 Å². The molecule has 2 nitrogen and oxygen atoms in total. The van der Waals surface area contributed by atoms with E-state index in [-0.39, 0.29) is 5.97 Å². The Hall–Kier alpha value is 1.10. The first kappa shape index (κ1) is 14.2. The second-order valence-corrected chi connectivity index (χ2v) is 8.63. The lowest BCUT2D eigenvalue weighted by Gasteiger charge is -2.03. The summed E-state index contributed by atoms with van der Waals surface area (Å²) in [5.74, 6) is 0.225. The first-order chi connectivity index (χ1) is 7.00. The van der Waals surface area contributed by atoms with Gasteiger partial charge in [0.05, 0.1) is 1.59 Å². The standard InChI is InChI=1S/C9H4BrI3O2/c10-5-1-3-6(4-2-5)15-9(14)7(11)8(12)13/h1-4H. The van der Waals surface area contributed by atoms with Crippen LogP contribution in [-0.4, -0.2) is 5.97 Å². The third-order valence-electron chi connectivity index (χ3n) is 1.37.